The number of benzene rings is 2. The van der Waals surface area contributed by atoms with E-state index < -0.39 is 0 Å². The van der Waals surface area contributed by atoms with E-state index in [2.05, 4.69) is 75.4 Å². The van der Waals surface area contributed by atoms with Crippen LogP contribution in [0.1, 0.15) is 35.4 Å². The van der Waals surface area contributed by atoms with Gasteiger partial charge >= 0.3 is 0 Å². The molecule has 1 amide bonds. The number of hydrogen-bond donors (Lipinski definition) is 3. The van der Waals surface area contributed by atoms with Gasteiger partial charge in [-0.3, -0.25) is 9.69 Å². The summed E-state index contributed by atoms with van der Waals surface area (Å²) in [6.07, 6.45) is 3.78. The molecule has 0 aliphatic carbocycles. The summed E-state index contributed by atoms with van der Waals surface area (Å²) in [5.41, 5.74) is 6.96. The highest BCUT2D eigenvalue weighted by Crippen LogP contribution is 2.22. The number of hydrogen-bond acceptors (Lipinski definition) is 3. The Morgan fingerprint density at radius 1 is 1.10 bits per heavy atom. The van der Waals surface area contributed by atoms with Gasteiger partial charge in [0.1, 0.15) is 5.82 Å². The van der Waals surface area contributed by atoms with Crippen molar-refractivity contribution < 1.29 is 4.79 Å². The molecule has 1 fully saturated rings. The number of nitrogens with zero attached hydrogens (tertiary/aromatic N) is 2. The Morgan fingerprint density at radius 2 is 1.90 bits per heavy atom. The van der Waals surface area contributed by atoms with Crippen LogP contribution in [0, 0.1) is 19.8 Å². The van der Waals surface area contributed by atoms with Crippen molar-refractivity contribution in [2.75, 3.05) is 13.1 Å². The Labute approximate surface area is 182 Å². The number of carbonyl (C=O) groups excluding carboxylic acids is 1. The van der Waals surface area contributed by atoms with E-state index >= 15 is 0 Å². The number of fused-ring (bicyclic) bond motifs is 2. The Balaban J connectivity index is 1.13. The molecule has 160 valence electrons. The third-order valence-corrected chi connectivity index (χ3v) is 6.56. The second-order valence-electron chi connectivity index (χ2n) is 8.80. The van der Waals surface area contributed by atoms with Crippen LogP contribution in [0.3, 0.4) is 0 Å². The second-order valence-corrected chi connectivity index (χ2v) is 8.80. The topological polar surface area (TPSA) is 76.8 Å². The second kappa shape index (κ2) is 8.19. The first-order chi connectivity index (χ1) is 15.0. The van der Waals surface area contributed by atoms with Gasteiger partial charge in [0.25, 0.3) is 0 Å². The number of piperidine rings is 1. The van der Waals surface area contributed by atoms with Crippen LogP contribution in [0.25, 0.3) is 21.9 Å². The van der Waals surface area contributed by atoms with Crippen LogP contribution in [-0.4, -0.2) is 38.8 Å². The molecule has 0 atom stereocenters. The summed E-state index contributed by atoms with van der Waals surface area (Å²) in [7, 11) is 0. The van der Waals surface area contributed by atoms with Gasteiger partial charge < -0.3 is 15.3 Å². The van der Waals surface area contributed by atoms with Crippen LogP contribution in [0.2, 0.25) is 0 Å². The lowest BCUT2D eigenvalue weighted by atomic mass is 9.95. The zero-order valence-corrected chi connectivity index (χ0v) is 18.2. The molecule has 1 saturated heterocycles. The van der Waals surface area contributed by atoms with Crippen molar-refractivity contribution in [3.63, 3.8) is 0 Å². The molecular weight excluding hydrogens is 386 g/mol. The average Bonchev–Trinajstić information content (AvgIpc) is 3.39. The molecule has 0 spiro atoms. The number of aromatic amines is 2. The lowest BCUT2D eigenvalue weighted by Gasteiger charge is -2.31. The third-order valence-electron chi connectivity index (χ3n) is 6.56. The summed E-state index contributed by atoms with van der Waals surface area (Å²) < 4.78 is 0. The van der Waals surface area contributed by atoms with Crippen molar-refractivity contribution in [2.24, 2.45) is 5.92 Å². The standard InChI is InChI=1S/C25H29N5O/c1-16-11-22-23(12-17(16)2)29-24(28-22)14-27-25(31)19-6-9-30(10-7-19)15-18-3-4-21-20(13-18)5-8-26-21/h3-5,8,11-13,19,26H,6-7,9-10,14-15H2,1-2H3,(H,27,31)(H,28,29). The first-order valence-electron chi connectivity index (χ1n) is 11.1. The minimum atomic E-state index is 0.0808. The summed E-state index contributed by atoms with van der Waals surface area (Å²) in [6, 6.07) is 12.9. The van der Waals surface area contributed by atoms with Crippen molar-refractivity contribution in [3.05, 3.63) is 65.1 Å². The normalized spacial score (nSPS) is 15.7. The van der Waals surface area contributed by atoms with Gasteiger partial charge in [-0.1, -0.05) is 6.07 Å². The molecule has 0 saturated carbocycles. The number of carbonyl (C=O) groups is 1. The van der Waals surface area contributed by atoms with Crippen LogP contribution in [0.5, 0.6) is 0 Å². The van der Waals surface area contributed by atoms with Crippen molar-refractivity contribution >= 4 is 27.8 Å². The summed E-state index contributed by atoms with van der Waals surface area (Å²) in [5, 5.41) is 4.34. The fourth-order valence-corrected chi connectivity index (χ4v) is 4.53. The Kier molecular flexibility index (Phi) is 5.24. The predicted octanol–water partition coefficient (Wildman–Crippen LogP) is 4.19. The van der Waals surface area contributed by atoms with Crippen molar-refractivity contribution in [1.29, 1.82) is 0 Å². The largest absolute Gasteiger partial charge is 0.361 e. The van der Waals surface area contributed by atoms with Gasteiger partial charge in [0, 0.05) is 24.2 Å². The number of nitrogens with one attached hydrogen (secondary N) is 3. The lowest BCUT2D eigenvalue weighted by molar-refractivity contribution is -0.126. The molecule has 0 radical (unpaired) electrons. The summed E-state index contributed by atoms with van der Waals surface area (Å²) in [5.74, 6) is 1.03. The van der Waals surface area contributed by atoms with Crippen LogP contribution in [-0.2, 0) is 17.9 Å². The van der Waals surface area contributed by atoms with Crippen molar-refractivity contribution in [2.45, 2.75) is 39.8 Å². The van der Waals surface area contributed by atoms with Crippen molar-refractivity contribution in [1.82, 2.24) is 25.2 Å². The number of likely N-dealkylation sites (tertiary alicyclic amines) is 1. The quantitative estimate of drug-likeness (QED) is 0.457. The van der Waals surface area contributed by atoms with E-state index in [0.29, 0.717) is 6.54 Å². The molecule has 1 aliphatic heterocycles. The van der Waals surface area contributed by atoms with E-state index in [1.54, 1.807) is 0 Å². The number of H-pyrrole nitrogens is 2. The predicted molar refractivity (Wildman–Crippen MR) is 124 cm³/mol. The van der Waals surface area contributed by atoms with E-state index in [0.717, 1.165) is 49.3 Å². The molecule has 2 aromatic heterocycles. The summed E-state index contributed by atoms with van der Waals surface area (Å²) in [4.78, 5) is 26.3. The third kappa shape index (κ3) is 4.21. The Hall–Kier alpha value is -3.12. The lowest BCUT2D eigenvalue weighted by Crippen LogP contribution is -2.40. The van der Waals surface area contributed by atoms with Gasteiger partial charge in [0.05, 0.1) is 17.6 Å². The molecule has 3 heterocycles. The van der Waals surface area contributed by atoms with E-state index in [1.807, 2.05) is 6.20 Å². The maximum Gasteiger partial charge on any atom is 0.223 e. The zero-order valence-electron chi connectivity index (χ0n) is 18.2. The zero-order chi connectivity index (χ0) is 21.4. The van der Waals surface area contributed by atoms with Gasteiger partial charge in [0.15, 0.2) is 0 Å². The SMILES string of the molecule is Cc1cc2nc(CNC(=O)C3CCN(Cc4ccc5[nH]ccc5c4)CC3)[nH]c2cc1C. The van der Waals surface area contributed by atoms with E-state index in [1.165, 1.54) is 27.6 Å². The molecule has 0 unspecified atom stereocenters. The maximum atomic E-state index is 12.7. The molecule has 0 bridgehead atoms. The molecular formula is C25H29N5O. The minimum absolute atomic E-state index is 0.0808. The number of imidazole rings is 1. The average molecular weight is 416 g/mol. The summed E-state index contributed by atoms with van der Waals surface area (Å²) in [6.45, 7) is 7.48. The molecule has 31 heavy (non-hydrogen) atoms. The van der Waals surface area contributed by atoms with Gasteiger partial charge in [-0.2, -0.15) is 0 Å². The van der Waals surface area contributed by atoms with E-state index in [9.17, 15) is 4.79 Å². The highest BCUT2D eigenvalue weighted by atomic mass is 16.1. The van der Waals surface area contributed by atoms with Gasteiger partial charge in [-0.15, -0.1) is 0 Å². The fraction of sp³-hybridized carbons (Fsp3) is 0.360. The molecule has 6 nitrogen and oxygen atoms in total. The first kappa shape index (κ1) is 19.8. The molecule has 4 aromatic rings. The smallest absolute Gasteiger partial charge is 0.223 e. The van der Waals surface area contributed by atoms with E-state index in [-0.39, 0.29) is 11.8 Å². The van der Waals surface area contributed by atoms with E-state index in [4.69, 9.17) is 0 Å². The number of rotatable bonds is 5. The number of amides is 1. The van der Waals surface area contributed by atoms with Gasteiger partial charge in [-0.05, 0) is 92.2 Å². The monoisotopic (exact) mass is 415 g/mol. The van der Waals surface area contributed by atoms with Crippen LogP contribution in [0.4, 0.5) is 0 Å². The fourth-order valence-electron chi connectivity index (χ4n) is 4.53. The number of aromatic nitrogens is 3. The molecule has 1 aliphatic rings. The first-order valence-corrected chi connectivity index (χ1v) is 11.1. The van der Waals surface area contributed by atoms with Crippen LogP contribution in [0.15, 0.2) is 42.6 Å². The van der Waals surface area contributed by atoms with Crippen molar-refractivity contribution in [3.8, 4) is 0 Å². The molecule has 3 N–H and O–H groups in total. The van der Waals surface area contributed by atoms with Crippen LogP contribution >= 0.6 is 0 Å². The highest BCUT2D eigenvalue weighted by Gasteiger charge is 2.25. The van der Waals surface area contributed by atoms with Gasteiger partial charge in [-0.25, -0.2) is 4.98 Å². The van der Waals surface area contributed by atoms with Crippen LogP contribution < -0.4 is 5.32 Å². The Morgan fingerprint density at radius 3 is 2.74 bits per heavy atom. The summed E-state index contributed by atoms with van der Waals surface area (Å²) >= 11 is 0. The molecule has 6 heteroatoms. The molecule has 5 rings (SSSR count). The number of aryl methyl sites for hydroxylation is 2. The van der Waals surface area contributed by atoms with Gasteiger partial charge in [0.2, 0.25) is 5.91 Å². The highest BCUT2D eigenvalue weighted by molar-refractivity contribution is 5.80. The molecule has 2 aromatic carbocycles. The Bertz CT molecular complexity index is 1190. The minimum Gasteiger partial charge on any atom is -0.361 e. The maximum absolute atomic E-state index is 12.7.